The fraction of sp³-hybridized carbons (Fsp3) is 0.409. The molecule has 0 saturated carbocycles. The molecule has 0 spiro atoms. The summed E-state index contributed by atoms with van der Waals surface area (Å²) in [7, 11) is -5.01. The van der Waals surface area contributed by atoms with Crippen molar-refractivity contribution in [2.24, 2.45) is 5.92 Å². The number of hydrogen-bond donors (Lipinski definition) is 4. The molecule has 34 heavy (non-hydrogen) atoms. The van der Waals surface area contributed by atoms with E-state index in [0.29, 0.717) is 15.2 Å². The zero-order chi connectivity index (χ0) is 25.5. The molecular formula is C22H30N3O7PS. The molecule has 2 aromatic rings. The summed E-state index contributed by atoms with van der Waals surface area (Å²) in [4.78, 5) is 58.9. The monoisotopic (exact) mass is 511 g/mol. The van der Waals surface area contributed by atoms with Crippen LogP contribution in [0.4, 0.5) is 5.00 Å². The first-order valence-corrected chi connectivity index (χ1v) is 13.1. The van der Waals surface area contributed by atoms with Crippen LogP contribution in [0.3, 0.4) is 0 Å². The lowest BCUT2D eigenvalue weighted by Gasteiger charge is -2.37. The van der Waals surface area contributed by atoms with Crippen molar-refractivity contribution >= 4 is 41.9 Å². The van der Waals surface area contributed by atoms with Crippen molar-refractivity contribution in [1.29, 1.82) is 0 Å². The zero-order valence-electron chi connectivity index (χ0n) is 19.2. The Bertz CT molecular complexity index is 1010. The van der Waals surface area contributed by atoms with Crippen LogP contribution in [0.2, 0.25) is 0 Å². The van der Waals surface area contributed by atoms with Crippen molar-refractivity contribution in [3.63, 3.8) is 0 Å². The highest BCUT2D eigenvalue weighted by molar-refractivity contribution is 7.49. The Morgan fingerprint density at radius 3 is 2.18 bits per heavy atom. The van der Waals surface area contributed by atoms with Crippen LogP contribution in [-0.4, -0.2) is 56.1 Å². The Labute approximate surface area is 202 Å². The highest BCUT2D eigenvalue weighted by atomic mass is 32.1. The minimum absolute atomic E-state index is 0.00415. The number of carboxylic acid groups (broad SMARTS) is 1. The second-order valence-corrected chi connectivity index (χ2v) is 10.7. The Kier molecular flexibility index (Phi) is 9.96. The van der Waals surface area contributed by atoms with Gasteiger partial charge in [0, 0.05) is 13.3 Å². The van der Waals surface area contributed by atoms with E-state index in [1.54, 1.807) is 61.7 Å². The van der Waals surface area contributed by atoms with Gasteiger partial charge in [0.25, 0.3) is 0 Å². The largest absolute Gasteiger partial charge is 0.480 e. The first kappa shape index (κ1) is 27.7. The predicted molar refractivity (Wildman–Crippen MR) is 129 cm³/mol. The molecule has 0 aliphatic carbocycles. The van der Waals surface area contributed by atoms with Gasteiger partial charge < -0.3 is 20.2 Å². The molecule has 2 unspecified atom stereocenters. The molecule has 0 fully saturated rings. The van der Waals surface area contributed by atoms with E-state index >= 15 is 0 Å². The number of thiophene rings is 1. The predicted octanol–water partition coefficient (Wildman–Crippen LogP) is 2.68. The van der Waals surface area contributed by atoms with Crippen LogP contribution in [0.15, 0.2) is 47.8 Å². The number of benzene rings is 1. The molecule has 0 aliphatic rings. The molecule has 1 aromatic heterocycles. The van der Waals surface area contributed by atoms with Crippen LogP contribution >= 0.6 is 19.1 Å². The van der Waals surface area contributed by atoms with E-state index in [4.69, 9.17) is 0 Å². The van der Waals surface area contributed by atoms with Crippen LogP contribution in [-0.2, 0) is 25.4 Å². The van der Waals surface area contributed by atoms with Gasteiger partial charge in [-0.05, 0) is 35.4 Å². The Morgan fingerprint density at radius 1 is 1.06 bits per heavy atom. The van der Waals surface area contributed by atoms with Crippen LogP contribution in [0.1, 0.15) is 32.8 Å². The molecule has 1 heterocycles. The molecule has 0 aliphatic heterocycles. The highest BCUT2D eigenvalue weighted by Crippen LogP contribution is 2.43. The van der Waals surface area contributed by atoms with Gasteiger partial charge in [-0.1, -0.05) is 44.2 Å². The summed E-state index contributed by atoms with van der Waals surface area (Å²) in [5.74, 6) is -2.72. The standard InChI is InChI=1S/C22H30N3O7PS/c1-15(2)12-18(24(33(30,31)32)14-23-16(3)26)21(27)25(20-10-7-11-34-20)19(22(28)29)13-17-8-5-4-6-9-17/h4-11,15,18-19H,12-14H2,1-3H3,(H,23,26)(H,28,29)(H2,30,31,32). The van der Waals surface area contributed by atoms with E-state index in [-0.39, 0.29) is 18.8 Å². The summed E-state index contributed by atoms with van der Waals surface area (Å²) >= 11 is 1.15. The molecule has 0 saturated heterocycles. The van der Waals surface area contributed by atoms with Gasteiger partial charge in [0.2, 0.25) is 11.8 Å². The molecule has 2 amide bonds. The van der Waals surface area contributed by atoms with Crippen LogP contribution in [0, 0.1) is 5.92 Å². The normalized spacial score (nSPS) is 13.5. The lowest BCUT2D eigenvalue weighted by Crippen LogP contribution is -2.55. The van der Waals surface area contributed by atoms with Gasteiger partial charge >= 0.3 is 13.7 Å². The summed E-state index contributed by atoms with van der Waals surface area (Å²) in [5.41, 5.74) is 0.690. The fourth-order valence-electron chi connectivity index (χ4n) is 3.48. The lowest BCUT2D eigenvalue weighted by atomic mass is 10.00. The second kappa shape index (κ2) is 12.2. The maximum atomic E-state index is 13.9. The molecule has 186 valence electrons. The number of hydrogen-bond acceptors (Lipinski definition) is 5. The Hall–Kier alpha value is -2.56. The molecular weight excluding hydrogens is 481 g/mol. The molecule has 0 radical (unpaired) electrons. The first-order valence-electron chi connectivity index (χ1n) is 10.6. The summed E-state index contributed by atoms with van der Waals surface area (Å²) < 4.78 is 13.0. The van der Waals surface area contributed by atoms with Gasteiger partial charge in [0.15, 0.2) is 0 Å². The smallest absolute Gasteiger partial charge is 0.405 e. The Balaban J connectivity index is 2.56. The molecule has 4 N–H and O–H groups in total. The number of carbonyl (C=O) groups excluding carboxylic acids is 2. The van der Waals surface area contributed by atoms with Crippen molar-refractivity contribution < 1.29 is 33.8 Å². The third kappa shape index (κ3) is 7.75. The number of rotatable bonds is 12. The fourth-order valence-corrected chi connectivity index (χ4v) is 5.08. The maximum Gasteiger partial charge on any atom is 0.405 e. The second-order valence-electron chi connectivity index (χ2n) is 8.19. The topological polar surface area (TPSA) is 147 Å². The third-order valence-corrected chi connectivity index (χ3v) is 6.97. The number of carbonyl (C=O) groups is 3. The molecule has 2 atom stereocenters. The SMILES string of the molecule is CC(=O)NCN(C(CC(C)C)C(=O)N(c1cccs1)C(Cc1ccccc1)C(=O)O)P(=O)(O)O. The molecule has 1 aromatic carbocycles. The van der Waals surface area contributed by atoms with Gasteiger partial charge in [-0.15, -0.1) is 11.3 Å². The number of carboxylic acids is 1. The summed E-state index contributed by atoms with van der Waals surface area (Å²) in [5, 5.41) is 14.4. The van der Waals surface area contributed by atoms with E-state index in [2.05, 4.69) is 5.32 Å². The van der Waals surface area contributed by atoms with Crippen molar-refractivity contribution in [3.8, 4) is 0 Å². The molecule has 12 heteroatoms. The van der Waals surface area contributed by atoms with Gasteiger partial charge in [-0.25, -0.2) is 9.36 Å². The first-order chi connectivity index (χ1) is 15.9. The number of nitrogens with zero attached hydrogens (tertiary/aromatic N) is 2. The minimum atomic E-state index is -5.01. The molecule has 10 nitrogen and oxygen atoms in total. The Morgan fingerprint density at radius 2 is 1.71 bits per heavy atom. The molecule has 2 rings (SSSR count). The zero-order valence-corrected chi connectivity index (χ0v) is 20.9. The maximum absolute atomic E-state index is 13.9. The van der Waals surface area contributed by atoms with Crippen molar-refractivity contribution in [2.45, 2.75) is 45.7 Å². The summed E-state index contributed by atoms with van der Waals surface area (Å²) in [6.45, 7) is 4.18. The van der Waals surface area contributed by atoms with E-state index < -0.39 is 44.3 Å². The van der Waals surface area contributed by atoms with Crippen LogP contribution in [0.5, 0.6) is 0 Å². The number of aliphatic carboxylic acids is 1. The minimum Gasteiger partial charge on any atom is -0.480 e. The van der Waals surface area contributed by atoms with Gasteiger partial charge in [-0.3, -0.25) is 14.5 Å². The number of anilines is 1. The van der Waals surface area contributed by atoms with Crippen molar-refractivity contribution in [3.05, 3.63) is 53.4 Å². The quantitative estimate of drug-likeness (QED) is 0.251. The van der Waals surface area contributed by atoms with Crippen molar-refractivity contribution in [1.82, 2.24) is 9.99 Å². The van der Waals surface area contributed by atoms with Crippen LogP contribution < -0.4 is 10.2 Å². The van der Waals surface area contributed by atoms with E-state index in [1.807, 2.05) is 0 Å². The average Bonchev–Trinajstić information content (AvgIpc) is 3.26. The van der Waals surface area contributed by atoms with Crippen LogP contribution in [0.25, 0.3) is 0 Å². The van der Waals surface area contributed by atoms with Gasteiger partial charge in [-0.2, -0.15) is 4.67 Å². The summed E-state index contributed by atoms with van der Waals surface area (Å²) in [6, 6.07) is 9.36. The third-order valence-electron chi connectivity index (χ3n) is 5.01. The highest BCUT2D eigenvalue weighted by Gasteiger charge is 2.43. The van der Waals surface area contributed by atoms with E-state index in [1.165, 1.54) is 6.92 Å². The van der Waals surface area contributed by atoms with Gasteiger partial charge in [0.1, 0.15) is 12.1 Å². The van der Waals surface area contributed by atoms with Gasteiger partial charge in [0.05, 0.1) is 11.7 Å². The van der Waals surface area contributed by atoms with E-state index in [9.17, 15) is 33.8 Å². The lowest BCUT2D eigenvalue weighted by molar-refractivity contribution is -0.140. The van der Waals surface area contributed by atoms with Crippen molar-refractivity contribution in [2.75, 3.05) is 11.6 Å². The number of amides is 2. The van der Waals surface area contributed by atoms with E-state index in [0.717, 1.165) is 16.2 Å². The summed E-state index contributed by atoms with van der Waals surface area (Å²) in [6.07, 6.45) is 0.0267. The number of nitrogens with one attached hydrogen (secondary N) is 1. The molecule has 0 bridgehead atoms. The average molecular weight is 512 g/mol.